The van der Waals surface area contributed by atoms with Crippen LogP contribution in [-0.4, -0.2) is 25.7 Å². The second kappa shape index (κ2) is 6.02. The molecule has 0 aliphatic carbocycles. The number of sulfone groups is 1. The number of carboxylic acids is 1. The van der Waals surface area contributed by atoms with Crippen LogP contribution in [0.4, 0.5) is 0 Å². The Morgan fingerprint density at radius 1 is 1.32 bits per heavy atom. The first-order valence-corrected chi connectivity index (χ1v) is 7.88. The van der Waals surface area contributed by atoms with E-state index in [1.807, 2.05) is 19.1 Å². The lowest BCUT2D eigenvalue weighted by atomic mass is 10.0. The maximum atomic E-state index is 11.8. The van der Waals surface area contributed by atoms with Crippen molar-refractivity contribution in [3.8, 4) is 0 Å². The quantitative estimate of drug-likeness (QED) is 0.843. The van der Waals surface area contributed by atoms with Crippen molar-refractivity contribution >= 4 is 15.8 Å². The highest BCUT2D eigenvalue weighted by Crippen LogP contribution is 2.22. The molecule has 1 aromatic carbocycles. The zero-order valence-corrected chi connectivity index (χ0v) is 12.1. The van der Waals surface area contributed by atoms with Crippen molar-refractivity contribution in [3.63, 3.8) is 0 Å². The molecular formula is C14H18O4S. The summed E-state index contributed by atoms with van der Waals surface area (Å²) in [7, 11) is -3.44. The molecule has 1 aromatic rings. The smallest absolute Gasteiger partial charge is 0.335 e. The van der Waals surface area contributed by atoms with E-state index in [0.29, 0.717) is 17.5 Å². The zero-order valence-electron chi connectivity index (χ0n) is 11.3. The fraction of sp³-hybridized carbons (Fsp3) is 0.357. The van der Waals surface area contributed by atoms with Gasteiger partial charge in [0.2, 0.25) is 0 Å². The third-order valence-corrected chi connectivity index (χ3v) is 3.96. The molecule has 1 N–H and O–H groups in total. The van der Waals surface area contributed by atoms with Crippen molar-refractivity contribution in [2.75, 3.05) is 6.26 Å². The van der Waals surface area contributed by atoms with Crippen LogP contribution in [0.25, 0.3) is 0 Å². The summed E-state index contributed by atoms with van der Waals surface area (Å²) >= 11 is 0. The van der Waals surface area contributed by atoms with Gasteiger partial charge in [-0.2, -0.15) is 0 Å². The summed E-state index contributed by atoms with van der Waals surface area (Å²) in [6, 6.07) is 2.89. The van der Waals surface area contributed by atoms with Crippen molar-refractivity contribution < 1.29 is 18.3 Å². The van der Waals surface area contributed by atoms with Crippen LogP contribution in [-0.2, 0) is 16.3 Å². The Bertz CT molecular complexity index is 613. The SMILES string of the molecule is CCC=CCc1cc(C)c(C(=O)O)cc1S(C)(=O)=O. The summed E-state index contributed by atoms with van der Waals surface area (Å²) in [5.74, 6) is -1.11. The molecule has 0 bridgehead atoms. The van der Waals surface area contributed by atoms with Gasteiger partial charge in [-0.25, -0.2) is 13.2 Å². The average Bonchev–Trinajstić information content (AvgIpc) is 2.27. The van der Waals surface area contributed by atoms with Gasteiger partial charge in [-0.05, 0) is 37.0 Å². The number of hydrogen-bond acceptors (Lipinski definition) is 3. The Labute approximate surface area is 113 Å². The number of aromatic carboxylic acids is 1. The number of aryl methyl sites for hydroxylation is 1. The molecule has 0 saturated carbocycles. The van der Waals surface area contributed by atoms with E-state index < -0.39 is 15.8 Å². The van der Waals surface area contributed by atoms with E-state index in [9.17, 15) is 13.2 Å². The van der Waals surface area contributed by atoms with E-state index in [0.717, 1.165) is 12.7 Å². The summed E-state index contributed by atoms with van der Waals surface area (Å²) in [6.45, 7) is 3.66. The Morgan fingerprint density at radius 3 is 2.42 bits per heavy atom. The van der Waals surface area contributed by atoms with E-state index >= 15 is 0 Å². The molecule has 19 heavy (non-hydrogen) atoms. The first-order valence-electron chi connectivity index (χ1n) is 5.99. The lowest BCUT2D eigenvalue weighted by Gasteiger charge is -2.10. The van der Waals surface area contributed by atoms with Crippen molar-refractivity contribution in [1.29, 1.82) is 0 Å². The van der Waals surface area contributed by atoms with Gasteiger partial charge >= 0.3 is 5.97 Å². The van der Waals surface area contributed by atoms with Gasteiger partial charge in [-0.3, -0.25) is 0 Å². The predicted octanol–water partition coefficient (Wildman–Crippen LogP) is 2.61. The number of carbonyl (C=O) groups is 1. The molecule has 0 aliphatic rings. The fourth-order valence-corrected chi connectivity index (χ4v) is 2.81. The molecule has 0 aromatic heterocycles. The summed E-state index contributed by atoms with van der Waals surface area (Å²) in [4.78, 5) is 11.2. The minimum atomic E-state index is -3.44. The molecule has 0 aliphatic heterocycles. The van der Waals surface area contributed by atoms with Crippen molar-refractivity contribution in [3.05, 3.63) is 41.0 Å². The van der Waals surface area contributed by atoms with Crippen molar-refractivity contribution in [1.82, 2.24) is 0 Å². The van der Waals surface area contributed by atoms with Crippen LogP contribution in [0, 0.1) is 6.92 Å². The minimum absolute atomic E-state index is 0.0312. The highest BCUT2D eigenvalue weighted by Gasteiger charge is 2.18. The Kier molecular flexibility index (Phi) is 4.89. The number of benzene rings is 1. The van der Waals surface area contributed by atoms with Crippen LogP contribution in [0.15, 0.2) is 29.2 Å². The van der Waals surface area contributed by atoms with Crippen molar-refractivity contribution in [2.24, 2.45) is 0 Å². The second-order valence-corrected chi connectivity index (χ2v) is 6.42. The van der Waals surface area contributed by atoms with Crippen LogP contribution in [0.2, 0.25) is 0 Å². The van der Waals surface area contributed by atoms with Gasteiger partial charge in [0.15, 0.2) is 9.84 Å². The van der Waals surface area contributed by atoms with E-state index in [1.165, 1.54) is 6.07 Å². The second-order valence-electron chi connectivity index (χ2n) is 4.44. The molecule has 1 rings (SSSR count). The van der Waals surface area contributed by atoms with Gasteiger partial charge in [-0.15, -0.1) is 0 Å². The molecular weight excluding hydrogens is 264 g/mol. The van der Waals surface area contributed by atoms with E-state index in [2.05, 4.69) is 0 Å². The molecule has 5 heteroatoms. The number of allylic oxidation sites excluding steroid dienone is 2. The van der Waals surface area contributed by atoms with Crippen molar-refractivity contribution in [2.45, 2.75) is 31.6 Å². The monoisotopic (exact) mass is 282 g/mol. The first-order chi connectivity index (χ1) is 8.77. The topological polar surface area (TPSA) is 71.4 Å². The average molecular weight is 282 g/mol. The highest BCUT2D eigenvalue weighted by molar-refractivity contribution is 7.90. The molecule has 0 saturated heterocycles. The maximum Gasteiger partial charge on any atom is 0.335 e. The summed E-state index contributed by atoms with van der Waals surface area (Å²) in [6.07, 6.45) is 6.30. The molecule has 0 spiro atoms. The molecule has 0 radical (unpaired) electrons. The number of hydrogen-bond donors (Lipinski definition) is 1. The van der Waals surface area contributed by atoms with Crippen LogP contribution < -0.4 is 0 Å². The highest BCUT2D eigenvalue weighted by atomic mass is 32.2. The normalized spacial score (nSPS) is 11.9. The first kappa shape index (κ1) is 15.4. The summed E-state index contributed by atoms with van der Waals surface area (Å²) in [5.41, 5.74) is 1.23. The number of carboxylic acid groups (broad SMARTS) is 1. The molecule has 0 fully saturated rings. The van der Waals surface area contributed by atoms with Gasteiger partial charge in [0.1, 0.15) is 0 Å². The van der Waals surface area contributed by atoms with Gasteiger partial charge in [-0.1, -0.05) is 25.1 Å². The largest absolute Gasteiger partial charge is 0.478 e. The minimum Gasteiger partial charge on any atom is -0.478 e. The van der Waals surface area contributed by atoms with Gasteiger partial charge < -0.3 is 5.11 Å². The molecule has 0 unspecified atom stereocenters. The zero-order chi connectivity index (χ0) is 14.6. The Balaban J connectivity index is 3.41. The van der Waals surface area contributed by atoms with Gasteiger partial charge in [0.25, 0.3) is 0 Å². The maximum absolute atomic E-state index is 11.8. The van der Waals surface area contributed by atoms with Crippen LogP contribution in [0.3, 0.4) is 0 Å². The van der Waals surface area contributed by atoms with Crippen LogP contribution in [0.5, 0.6) is 0 Å². The fourth-order valence-electron chi connectivity index (χ4n) is 1.86. The third-order valence-electron chi connectivity index (χ3n) is 2.78. The number of rotatable bonds is 5. The van der Waals surface area contributed by atoms with Crippen LogP contribution in [0.1, 0.15) is 34.8 Å². The summed E-state index contributed by atoms with van der Waals surface area (Å²) in [5, 5.41) is 9.05. The molecule has 0 atom stereocenters. The van der Waals surface area contributed by atoms with E-state index in [1.54, 1.807) is 13.0 Å². The lowest BCUT2D eigenvalue weighted by Crippen LogP contribution is -2.08. The predicted molar refractivity (Wildman–Crippen MR) is 74.4 cm³/mol. The molecule has 104 valence electrons. The Hall–Kier alpha value is -1.62. The van der Waals surface area contributed by atoms with Gasteiger partial charge in [0.05, 0.1) is 10.5 Å². The Morgan fingerprint density at radius 2 is 1.95 bits per heavy atom. The van der Waals surface area contributed by atoms with Crippen LogP contribution >= 0.6 is 0 Å². The third kappa shape index (κ3) is 3.92. The molecule has 0 amide bonds. The molecule has 4 nitrogen and oxygen atoms in total. The summed E-state index contributed by atoms with van der Waals surface area (Å²) < 4.78 is 23.5. The lowest BCUT2D eigenvalue weighted by molar-refractivity contribution is 0.0696. The standard InChI is InChI=1S/C14H18O4S/c1-4-5-6-7-11-8-10(2)12(14(15)16)9-13(11)19(3,17)18/h5-6,8-9H,4,7H2,1-3H3,(H,15,16). The van der Waals surface area contributed by atoms with Gasteiger partial charge in [0, 0.05) is 6.26 Å². The van der Waals surface area contributed by atoms with E-state index in [4.69, 9.17) is 5.11 Å². The van der Waals surface area contributed by atoms with E-state index in [-0.39, 0.29) is 10.5 Å². The molecule has 0 heterocycles.